The van der Waals surface area contributed by atoms with Crippen LogP contribution in [0.5, 0.6) is 17.2 Å². The lowest BCUT2D eigenvalue weighted by Crippen LogP contribution is -2.09. The van der Waals surface area contributed by atoms with E-state index in [2.05, 4.69) is 21.2 Å². The molecule has 0 heterocycles. The first-order valence-electron chi connectivity index (χ1n) is 9.54. The zero-order valence-electron chi connectivity index (χ0n) is 17.5. The van der Waals surface area contributed by atoms with E-state index in [0.717, 1.165) is 49.7 Å². The van der Waals surface area contributed by atoms with E-state index in [4.69, 9.17) is 14.2 Å². The molecule has 3 aromatic carbocycles. The number of benzene rings is 3. The molecular weight excluding hydrogens is 446 g/mol. The van der Waals surface area contributed by atoms with Crippen molar-refractivity contribution in [3.63, 3.8) is 0 Å². The fourth-order valence-corrected chi connectivity index (χ4v) is 3.80. The minimum Gasteiger partial charge on any atom is -0.497 e. The van der Waals surface area contributed by atoms with Gasteiger partial charge in [0.15, 0.2) is 0 Å². The van der Waals surface area contributed by atoms with Crippen molar-refractivity contribution in [1.29, 1.82) is 0 Å². The van der Waals surface area contributed by atoms with E-state index in [9.17, 15) is 5.11 Å². The zero-order valence-corrected chi connectivity index (χ0v) is 19.1. The third-order valence-corrected chi connectivity index (χ3v) is 5.61. The number of aliphatic hydroxyl groups is 1. The number of anilines is 1. The van der Waals surface area contributed by atoms with Crippen molar-refractivity contribution in [2.45, 2.75) is 19.6 Å². The predicted molar refractivity (Wildman–Crippen MR) is 123 cm³/mol. The summed E-state index contributed by atoms with van der Waals surface area (Å²) in [4.78, 5) is 0. The predicted octanol–water partition coefficient (Wildman–Crippen LogP) is 5.48. The number of nitrogens with one attached hydrogen (secondary N) is 1. The van der Waals surface area contributed by atoms with Gasteiger partial charge in [-0.1, -0.05) is 28.1 Å². The van der Waals surface area contributed by atoms with E-state index in [0.29, 0.717) is 6.54 Å². The Hall–Kier alpha value is -2.70. The molecule has 6 heteroatoms. The molecule has 0 radical (unpaired) electrons. The highest BCUT2D eigenvalue weighted by Crippen LogP contribution is 2.35. The molecule has 0 amide bonds. The van der Waals surface area contributed by atoms with Crippen LogP contribution in [0, 0.1) is 6.92 Å². The highest BCUT2D eigenvalue weighted by molar-refractivity contribution is 9.10. The largest absolute Gasteiger partial charge is 0.497 e. The summed E-state index contributed by atoms with van der Waals surface area (Å²) in [7, 11) is 4.90. The average Bonchev–Trinajstić information content (AvgIpc) is 2.77. The molecule has 0 aromatic heterocycles. The van der Waals surface area contributed by atoms with E-state index >= 15 is 0 Å². The molecule has 0 spiro atoms. The molecule has 3 aromatic rings. The fourth-order valence-electron chi connectivity index (χ4n) is 3.43. The lowest BCUT2D eigenvalue weighted by atomic mass is 9.95. The van der Waals surface area contributed by atoms with Crippen molar-refractivity contribution in [2.24, 2.45) is 0 Å². The Morgan fingerprint density at radius 2 is 1.67 bits per heavy atom. The first kappa shape index (κ1) is 22.0. The molecule has 0 aliphatic rings. The number of methoxy groups -OCH3 is 3. The van der Waals surface area contributed by atoms with Crippen LogP contribution in [0.2, 0.25) is 0 Å². The highest BCUT2D eigenvalue weighted by atomic mass is 79.9. The molecule has 3 rings (SSSR count). The maximum absolute atomic E-state index is 11.2. The van der Waals surface area contributed by atoms with Crippen molar-refractivity contribution >= 4 is 21.6 Å². The standard InChI is InChI=1S/C24H26BrNO4/c1-15-19(6-5-7-22(15)29-3)24(27)20-12-17(25)9-11-21(20)26-14-16-8-10-18(28-2)13-23(16)30-4/h5-13,24,26-27H,14H2,1-4H3. The molecule has 30 heavy (non-hydrogen) atoms. The lowest BCUT2D eigenvalue weighted by molar-refractivity contribution is 0.219. The monoisotopic (exact) mass is 471 g/mol. The molecule has 1 atom stereocenters. The highest BCUT2D eigenvalue weighted by Gasteiger charge is 2.19. The van der Waals surface area contributed by atoms with Crippen LogP contribution in [0.3, 0.4) is 0 Å². The summed E-state index contributed by atoms with van der Waals surface area (Å²) in [5, 5.41) is 14.6. The summed E-state index contributed by atoms with van der Waals surface area (Å²) in [5.41, 5.74) is 4.31. The van der Waals surface area contributed by atoms with Crippen LogP contribution in [0.25, 0.3) is 0 Å². The van der Waals surface area contributed by atoms with Crippen LogP contribution >= 0.6 is 15.9 Å². The van der Waals surface area contributed by atoms with Gasteiger partial charge >= 0.3 is 0 Å². The van der Waals surface area contributed by atoms with Crippen LogP contribution in [0.4, 0.5) is 5.69 Å². The second kappa shape index (κ2) is 9.87. The fraction of sp³-hybridized carbons (Fsp3) is 0.250. The van der Waals surface area contributed by atoms with Crippen molar-refractivity contribution < 1.29 is 19.3 Å². The quantitative estimate of drug-likeness (QED) is 0.455. The Bertz CT molecular complexity index is 1020. The first-order chi connectivity index (χ1) is 14.5. The van der Waals surface area contributed by atoms with Crippen LogP contribution in [-0.2, 0) is 6.54 Å². The summed E-state index contributed by atoms with van der Waals surface area (Å²) < 4.78 is 17.1. The van der Waals surface area contributed by atoms with Gasteiger partial charge in [-0.3, -0.25) is 0 Å². The molecule has 0 fully saturated rings. The van der Waals surface area contributed by atoms with Gasteiger partial charge in [-0.2, -0.15) is 0 Å². The van der Waals surface area contributed by atoms with Gasteiger partial charge in [0.1, 0.15) is 23.4 Å². The molecular formula is C24H26BrNO4. The maximum Gasteiger partial charge on any atom is 0.127 e. The second-order valence-corrected chi connectivity index (χ2v) is 7.76. The summed E-state index contributed by atoms with van der Waals surface area (Å²) in [6.07, 6.45) is -0.808. The Balaban J connectivity index is 1.91. The smallest absolute Gasteiger partial charge is 0.127 e. The Morgan fingerprint density at radius 1 is 0.900 bits per heavy atom. The van der Waals surface area contributed by atoms with Crippen molar-refractivity contribution in [3.8, 4) is 17.2 Å². The van der Waals surface area contributed by atoms with Crippen LogP contribution in [0.15, 0.2) is 59.1 Å². The van der Waals surface area contributed by atoms with Gasteiger partial charge in [-0.25, -0.2) is 0 Å². The van der Waals surface area contributed by atoms with Gasteiger partial charge in [-0.05, 0) is 54.4 Å². The van der Waals surface area contributed by atoms with Gasteiger partial charge in [0.05, 0.1) is 21.3 Å². The molecule has 1 unspecified atom stereocenters. The van der Waals surface area contributed by atoms with Crippen molar-refractivity contribution in [3.05, 3.63) is 81.3 Å². The Kier molecular flexibility index (Phi) is 7.24. The number of aliphatic hydroxyl groups excluding tert-OH is 1. The van der Waals surface area contributed by atoms with Crippen molar-refractivity contribution in [1.82, 2.24) is 0 Å². The SMILES string of the molecule is COc1ccc(CNc2ccc(Br)cc2C(O)c2cccc(OC)c2C)c(OC)c1. The number of rotatable bonds is 8. The molecule has 5 nitrogen and oxygen atoms in total. The van der Waals surface area contributed by atoms with E-state index in [1.165, 1.54) is 0 Å². The van der Waals surface area contributed by atoms with E-state index in [1.807, 2.05) is 61.5 Å². The summed E-state index contributed by atoms with van der Waals surface area (Å²) >= 11 is 3.52. The molecule has 0 aliphatic heterocycles. The van der Waals surface area contributed by atoms with Crippen molar-refractivity contribution in [2.75, 3.05) is 26.6 Å². The summed E-state index contributed by atoms with van der Waals surface area (Å²) in [5.74, 6) is 2.23. The zero-order chi connectivity index (χ0) is 21.7. The van der Waals surface area contributed by atoms with Crippen LogP contribution in [-0.4, -0.2) is 26.4 Å². The minimum atomic E-state index is -0.808. The third kappa shape index (κ3) is 4.71. The third-order valence-electron chi connectivity index (χ3n) is 5.11. The molecule has 0 saturated carbocycles. The topological polar surface area (TPSA) is 60.0 Å². The minimum absolute atomic E-state index is 0.533. The number of hydrogen-bond donors (Lipinski definition) is 2. The summed E-state index contributed by atoms with van der Waals surface area (Å²) in [6, 6.07) is 17.2. The van der Waals surface area contributed by atoms with Crippen LogP contribution in [0.1, 0.15) is 28.4 Å². The lowest BCUT2D eigenvalue weighted by Gasteiger charge is -2.21. The molecule has 158 valence electrons. The van der Waals surface area contributed by atoms with Gasteiger partial charge in [0.2, 0.25) is 0 Å². The van der Waals surface area contributed by atoms with Gasteiger partial charge in [0.25, 0.3) is 0 Å². The second-order valence-electron chi connectivity index (χ2n) is 6.84. The van der Waals surface area contributed by atoms with Crippen LogP contribution < -0.4 is 19.5 Å². The number of halogens is 1. The van der Waals surface area contributed by atoms with E-state index in [-0.39, 0.29) is 0 Å². The van der Waals surface area contributed by atoms with E-state index < -0.39 is 6.10 Å². The van der Waals surface area contributed by atoms with E-state index in [1.54, 1.807) is 21.3 Å². The maximum atomic E-state index is 11.2. The average molecular weight is 472 g/mol. The van der Waals surface area contributed by atoms with Gasteiger partial charge < -0.3 is 24.6 Å². The van der Waals surface area contributed by atoms with Gasteiger partial charge in [0, 0.05) is 33.9 Å². The first-order valence-corrected chi connectivity index (χ1v) is 10.3. The molecule has 0 bridgehead atoms. The molecule has 2 N–H and O–H groups in total. The normalized spacial score (nSPS) is 11.7. The molecule has 0 saturated heterocycles. The summed E-state index contributed by atoms with van der Waals surface area (Å²) in [6.45, 7) is 2.48. The molecule has 0 aliphatic carbocycles. The number of ether oxygens (including phenoxy) is 3. The van der Waals surface area contributed by atoms with Gasteiger partial charge in [-0.15, -0.1) is 0 Å². The number of hydrogen-bond acceptors (Lipinski definition) is 5. The Morgan fingerprint density at radius 3 is 2.37 bits per heavy atom. The Labute approximate surface area is 185 Å².